The molecule has 1 atom stereocenters. The van der Waals surface area contributed by atoms with Crippen LogP contribution < -0.4 is 10.1 Å². The van der Waals surface area contributed by atoms with Crippen LogP contribution in [-0.4, -0.2) is 26.2 Å². The van der Waals surface area contributed by atoms with E-state index in [0.29, 0.717) is 17.3 Å². The number of carbonyl (C=O) groups is 1. The Kier molecular flexibility index (Phi) is 3.31. The minimum atomic E-state index is -0.249. The first-order valence-electron chi connectivity index (χ1n) is 4.93. The number of morpholine rings is 1. The van der Waals surface area contributed by atoms with E-state index >= 15 is 0 Å². The second-order valence-electron chi connectivity index (χ2n) is 3.46. The highest BCUT2D eigenvalue weighted by atomic mass is 35.5. The van der Waals surface area contributed by atoms with E-state index in [9.17, 15) is 4.79 Å². The van der Waals surface area contributed by atoms with Gasteiger partial charge in [0.15, 0.2) is 0 Å². The predicted molar refractivity (Wildman–Crippen MR) is 59.7 cm³/mol. The zero-order chi connectivity index (χ0) is 11.5. The number of hydrogen-bond acceptors (Lipinski definition) is 3. The van der Waals surface area contributed by atoms with Crippen molar-refractivity contribution in [1.82, 2.24) is 5.32 Å². The maximum absolute atomic E-state index is 11.0. The molecule has 1 aliphatic rings. The van der Waals surface area contributed by atoms with Crippen LogP contribution in [0.3, 0.4) is 0 Å². The maximum Gasteiger partial charge on any atom is 0.246 e. The fourth-order valence-corrected chi connectivity index (χ4v) is 1.97. The topological polar surface area (TPSA) is 47.6 Å². The molecule has 0 bridgehead atoms. The van der Waals surface area contributed by atoms with Gasteiger partial charge in [-0.3, -0.25) is 4.79 Å². The van der Waals surface area contributed by atoms with Gasteiger partial charge in [0.1, 0.15) is 18.5 Å². The molecule has 1 aromatic carbocycles. The van der Waals surface area contributed by atoms with Crippen LogP contribution in [0.1, 0.15) is 11.7 Å². The van der Waals surface area contributed by atoms with Crippen LogP contribution in [0.15, 0.2) is 18.2 Å². The number of ether oxygens (including phenoxy) is 2. The fourth-order valence-electron chi connectivity index (χ4n) is 1.69. The minimum absolute atomic E-state index is 0.0546. The fraction of sp³-hybridized carbons (Fsp3) is 0.364. The number of amides is 1. The second kappa shape index (κ2) is 4.72. The predicted octanol–water partition coefficient (Wildman–Crippen LogP) is 1.54. The van der Waals surface area contributed by atoms with Crippen molar-refractivity contribution in [2.45, 2.75) is 6.10 Å². The smallest absolute Gasteiger partial charge is 0.246 e. The number of rotatable bonds is 2. The van der Waals surface area contributed by atoms with Gasteiger partial charge in [0.25, 0.3) is 0 Å². The molecule has 0 radical (unpaired) electrons. The average Bonchev–Trinajstić information content (AvgIpc) is 2.30. The molecule has 0 aromatic heterocycles. The van der Waals surface area contributed by atoms with Crippen LogP contribution in [0.5, 0.6) is 5.75 Å². The third kappa shape index (κ3) is 2.13. The Bertz CT molecular complexity index is 398. The second-order valence-corrected chi connectivity index (χ2v) is 3.87. The van der Waals surface area contributed by atoms with Crippen LogP contribution in [0, 0.1) is 0 Å². The number of halogens is 1. The Hall–Kier alpha value is -1.26. The highest BCUT2D eigenvalue weighted by Crippen LogP contribution is 2.34. The van der Waals surface area contributed by atoms with Gasteiger partial charge in [0.05, 0.1) is 12.1 Å². The molecule has 1 heterocycles. The molecule has 86 valence electrons. The van der Waals surface area contributed by atoms with Gasteiger partial charge in [0.2, 0.25) is 5.91 Å². The van der Waals surface area contributed by atoms with Crippen LogP contribution in [0.25, 0.3) is 0 Å². The van der Waals surface area contributed by atoms with Gasteiger partial charge in [-0.1, -0.05) is 17.7 Å². The molecule has 4 nitrogen and oxygen atoms in total. The zero-order valence-electron chi connectivity index (χ0n) is 8.83. The summed E-state index contributed by atoms with van der Waals surface area (Å²) in [5, 5.41) is 3.31. The van der Waals surface area contributed by atoms with Crippen molar-refractivity contribution in [1.29, 1.82) is 0 Å². The van der Waals surface area contributed by atoms with Crippen molar-refractivity contribution >= 4 is 17.5 Å². The SMILES string of the molecule is COc1cccc(Cl)c1[C@H]1CNC(=O)CO1. The van der Waals surface area contributed by atoms with Crippen molar-refractivity contribution in [3.63, 3.8) is 0 Å². The Morgan fingerprint density at radius 1 is 1.56 bits per heavy atom. The number of nitrogens with one attached hydrogen (secondary N) is 1. The summed E-state index contributed by atoms with van der Waals surface area (Å²) in [6.45, 7) is 0.470. The van der Waals surface area contributed by atoms with Gasteiger partial charge in [-0.25, -0.2) is 0 Å². The molecule has 5 heteroatoms. The molecule has 1 N–H and O–H groups in total. The van der Waals surface area contributed by atoms with E-state index < -0.39 is 0 Å². The highest BCUT2D eigenvalue weighted by Gasteiger charge is 2.25. The number of carbonyl (C=O) groups excluding carboxylic acids is 1. The van der Waals surface area contributed by atoms with Gasteiger partial charge < -0.3 is 14.8 Å². The summed E-state index contributed by atoms with van der Waals surface area (Å²) in [6, 6.07) is 5.41. The molecular weight excluding hydrogens is 230 g/mol. The third-order valence-corrected chi connectivity index (χ3v) is 2.78. The van der Waals surface area contributed by atoms with Gasteiger partial charge in [0, 0.05) is 12.1 Å². The summed E-state index contributed by atoms with van der Waals surface area (Å²) in [5.74, 6) is 0.566. The standard InChI is InChI=1S/C11H12ClNO3/c1-15-8-4-2-3-7(12)11(8)9-5-13-10(14)6-16-9/h2-4,9H,5-6H2,1H3,(H,13,14)/t9-/m1/s1. The Morgan fingerprint density at radius 3 is 3.00 bits per heavy atom. The molecule has 0 aliphatic carbocycles. The van der Waals surface area contributed by atoms with Crippen molar-refractivity contribution < 1.29 is 14.3 Å². The molecule has 1 amide bonds. The summed E-state index contributed by atoms with van der Waals surface area (Å²) >= 11 is 6.11. The quantitative estimate of drug-likeness (QED) is 0.854. The molecule has 16 heavy (non-hydrogen) atoms. The van der Waals surface area contributed by atoms with E-state index in [1.54, 1.807) is 13.2 Å². The minimum Gasteiger partial charge on any atom is -0.496 e. The van der Waals surface area contributed by atoms with E-state index in [0.717, 1.165) is 5.56 Å². The molecule has 2 rings (SSSR count). The lowest BCUT2D eigenvalue weighted by atomic mass is 10.1. The number of hydrogen-bond donors (Lipinski definition) is 1. The van der Waals surface area contributed by atoms with Gasteiger partial charge in [-0.05, 0) is 12.1 Å². The molecule has 1 saturated heterocycles. The molecule has 0 saturated carbocycles. The number of benzene rings is 1. The summed E-state index contributed by atoms with van der Waals surface area (Å²) in [5.41, 5.74) is 0.784. The largest absolute Gasteiger partial charge is 0.496 e. The lowest BCUT2D eigenvalue weighted by Gasteiger charge is -2.25. The molecule has 1 aliphatic heterocycles. The summed E-state index contributed by atoms with van der Waals surface area (Å²) in [7, 11) is 1.58. The summed E-state index contributed by atoms with van der Waals surface area (Å²) in [6.07, 6.45) is -0.249. The molecular formula is C11H12ClNO3. The lowest BCUT2D eigenvalue weighted by Crippen LogP contribution is -2.38. The molecule has 1 fully saturated rings. The maximum atomic E-state index is 11.0. The van der Waals surface area contributed by atoms with E-state index in [2.05, 4.69) is 5.32 Å². The first-order valence-corrected chi connectivity index (χ1v) is 5.31. The lowest BCUT2D eigenvalue weighted by molar-refractivity contribution is -0.133. The van der Waals surface area contributed by atoms with Crippen molar-refractivity contribution in [2.75, 3.05) is 20.3 Å². The van der Waals surface area contributed by atoms with E-state index in [4.69, 9.17) is 21.1 Å². The van der Waals surface area contributed by atoms with Gasteiger partial charge >= 0.3 is 0 Å². The number of methoxy groups -OCH3 is 1. The van der Waals surface area contributed by atoms with Gasteiger partial charge in [-0.2, -0.15) is 0 Å². The van der Waals surface area contributed by atoms with Gasteiger partial charge in [-0.15, -0.1) is 0 Å². The summed E-state index contributed by atoms with van der Waals surface area (Å²) < 4.78 is 10.7. The average molecular weight is 242 g/mol. The van der Waals surface area contributed by atoms with E-state index in [1.807, 2.05) is 12.1 Å². The first kappa shape index (κ1) is 11.2. The normalized spacial score (nSPS) is 20.4. The van der Waals surface area contributed by atoms with Crippen LogP contribution in [0.2, 0.25) is 5.02 Å². The Morgan fingerprint density at radius 2 is 2.38 bits per heavy atom. The van der Waals surface area contributed by atoms with E-state index in [1.165, 1.54) is 0 Å². The zero-order valence-corrected chi connectivity index (χ0v) is 9.58. The van der Waals surface area contributed by atoms with Crippen molar-refractivity contribution in [2.24, 2.45) is 0 Å². The van der Waals surface area contributed by atoms with Crippen LogP contribution >= 0.6 is 11.6 Å². The summed E-state index contributed by atoms with van der Waals surface area (Å²) in [4.78, 5) is 11.0. The first-order chi connectivity index (χ1) is 7.72. The Balaban J connectivity index is 2.28. The molecule has 1 aromatic rings. The monoisotopic (exact) mass is 241 g/mol. The third-order valence-electron chi connectivity index (χ3n) is 2.46. The van der Waals surface area contributed by atoms with Crippen LogP contribution in [0.4, 0.5) is 0 Å². The van der Waals surface area contributed by atoms with Crippen LogP contribution in [-0.2, 0) is 9.53 Å². The molecule has 0 spiro atoms. The Labute approximate surface area is 98.5 Å². The van der Waals surface area contributed by atoms with Crippen molar-refractivity contribution in [3.8, 4) is 5.75 Å². The highest BCUT2D eigenvalue weighted by molar-refractivity contribution is 6.31. The molecule has 0 unspecified atom stereocenters. The van der Waals surface area contributed by atoms with E-state index in [-0.39, 0.29) is 18.6 Å². The van der Waals surface area contributed by atoms with Crippen molar-refractivity contribution in [3.05, 3.63) is 28.8 Å².